The lowest BCUT2D eigenvalue weighted by Crippen LogP contribution is -2.36. The number of aromatic nitrogens is 1. The number of hydrogen-bond acceptors (Lipinski definition) is 5. The van der Waals surface area contributed by atoms with E-state index >= 15 is 0 Å². The first-order valence-corrected chi connectivity index (χ1v) is 11.3. The van der Waals surface area contributed by atoms with Crippen LogP contribution in [0.3, 0.4) is 0 Å². The first kappa shape index (κ1) is 25.4. The van der Waals surface area contributed by atoms with E-state index in [0.717, 1.165) is 35.2 Å². The molecular weight excluding hydrogens is 453 g/mol. The Balaban J connectivity index is 0.00000341. The Morgan fingerprint density at radius 3 is 2.68 bits per heavy atom. The summed E-state index contributed by atoms with van der Waals surface area (Å²) in [6.45, 7) is 6.03. The number of likely N-dealkylation sites (N-methyl/N-ethyl adjacent to an activating group) is 1. The molecule has 0 fully saturated rings. The molecule has 0 N–H and O–H groups in total. The third-order valence-electron chi connectivity index (χ3n) is 4.73. The number of fused-ring (bicyclic) bond motifs is 1. The Kier molecular flexibility index (Phi) is 9.56. The van der Waals surface area contributed by atoms with Gasteiger partial charge >= 0.3 is 0 Å². The molecule has 1 heterocycles. The van der Waals surface area contributed by atoms with Gasteiger partial charge in [-0.15, -0.1) is 12.4 Å². The van der Waals surface area contributed by atoms with Crippen molar-refractivity contribution in [2.24, 2.45) is 0 Å². The molecule has 0 saturated heterocycles. The van der Waals surface area contributed by atoms with Crippen LogP contribution in [0.15, 0.2) is 36.4 Å². The van der Waals surface area contributed by atoms with Crippen molar-refractivity contribution >= 4 is 56.6 Å². The van der Waals surface area contributed by atoms with E-state index in [0.29, 0.717) is 34.6 Å². The normalized spacial score (nSPS) is 10.9. The average Bonchev–Trinajstić information content (AvgIpc) is 3.12. The second kappa shape index (κ2) is 11.7. The number of carbonyl (C=O) groups excluding carboxylic acids is 1. The second-order valence-corrected chi connectivity index (χ2v) is 9.00. The summed E-state index contributed by atoms with van der Waals surface area (Å²) in [6, 6.07) is 11.2. The van der Waals surface area contributed by atoms with Gasteiger partial charge in [-0.05, 0) is 63.3 Å². The molecule has 8 heteroatoms. The molecule has 0 unspecified atom stereocenters. The largest absolute Gasteiger partial charge is 0.494 e. The molecule has 3 aromatic rings. The predicted molar refractivity (Wildman–Crippen MR) is 134 cm³/mol. The van der Waals surface area contributed by atoms with Gasteiger partial charge in [-0.1, -0.05) is 42.3 Å². The van der Waals surface area contributed by atoms with Gasteiger partial charge in [-0.3, -0.25) is 9.69 Å². The Bertz CT molecular complexity index is 1020. The summed E-state index contributed by atoms with van der Waals surface area (Å²) in [6.07, 6.45) is 2.05. The number of amides is 1. The van der Waals surface area contributed by atoms with E-state index in [2.05, 4.69) is 11.8 Å². The maximum absolute atomic E-state index is 13.5. The molecule has 168 valence electrons. The molecule has 0 bridgehead atoms. The summed E-state index contributed by atoms with van der Waals surface area (Å²) < 4.78 is 6.77. The number of benzene rings is 2. The quantitative estimate of drug-likeness (QED) is 0.348. The molecule has 0 saturated carbocycles. The highest BCUT2D eigenvalue weighted by Crippen LogP contribution is 2.33. The van der Waals surface area contributed by atoms with Crippen LogP contribution in [-0.4, -0.2) is 49.6 Å². The predicted octanol–water partition coefficient (Wildman–Crippen LogP) is 6.07. The van der Waals surface area contributed by atoms with Gasteiger partial charge in [-0.2, -0.15) is 0 Å². The lowest BCUT2D eigenvalue weighted by atomic mass is 10.2. The van der Waals surface area contributed by atoms with Gasteiger partial charge in [0.1, 0.15) is 5.75 Å². The van der Waals surface area contributed by atoms with Crippen LogP contribution in [0.25, 0.3) is 10.2 Å². The van der Waals surface area contributed by atoms with E-state index in [9.17, 15) is 4.79 Å². The van der Waals surface area contributed by atoms with Crippen LogP contribution >= 0.6 is 35.3 Å². The molecule has 0 spiro atoms. The Labute approximate surface area is 199 Å². The van der Waals surface area contributed by atoms with Gasteiger partial charge in [0, 0.05) is 23.7 Å². The van der Waals surface area contributed by atoms with Crippen LogP contribution in [0.2, 0.25) is 5.02 Å². The first-order valence-electron chi connectivity index (χ1n) is 10.1. The molecule has 5 nitrogen and oxygen atoms in total. The van der Waals surface area contributed by atoms with Crippen LogP contribution in [0.5, 0.6) is 5.75 Å². The molecule has 0 aliphatic rings. The summed E-state index contributed by atoms with van der Waals surface area (Å²) in [5, 5.41) is 1.36. The van der Waals surface area contributed by atoms with Crippen LogP contribution in [0, 0.1) is 6.92 Å². The van der Waals surface area contributed by atoms with Crippen molar-refractivity contribution in [1.29, 1.82) is 0 Å². The van der Waals surface area contributed by atoms with Crippen molar-refractivity contribution in [2.75, 3.05) is 38.7 Å². The highest BCUT2D eigenvalue weighted by Gasteiger charge is 2.22. The zero-order chi connectivity index (χ0) is 21.7. The number of carbonyl (C=O) groups is 1. The molecule has 3 rings (SSSR count). The van der Waals surface area contributed by atoms with Gasteiger partial charge in [0.15, 0.2) is 5.13 Å². The molecular formula is C23H29Cl2N3O2S. The number of nitrogens with zero attached hydrogens (tertiary/aromatic N) is 3. The molecule has 0 radical (unpaired) electrons. The van der Waals surface area contributed by atoms with Gasteiger partial charge in [0.2, 0.25) is 0 Å². The monoisotopic (exact) mass is 481 g/mol. The number of rotatable bonds is 9. The lowest BCUT2D eigenvalue weighted by Gasteiger charge is -2.22. The smallest absolute Gasteiger partial charge is 0.260 e. The second-order valence-electron chi connectivity index (χ2n) is 7.56. The molecule has 0 aliphatic carbocycles. The number of ether oxygens (including phenoxy) is 1. The molecule has 2 aromatic carbocycles. The van der Waals surface area contributed by atoms with Crippen molar-refractivity contribution in [3.05, 3.63) is 52.5 Å². The van der Waals surface area contributed by atoms with Crippen molar-refractivity contribution in [1.82, 2.24) is 9.88 Å². The van der Waals surface area contributed by atoms with E-state index in [1.54, 1.807) is 4.90 Å². The molecule has 0 aliphatic heterocycles. The molecule has 31 heavy (non-hydrogen) atoms. The van der Waals surface area contributed by atoms with Gasteiger partial charge < -0.3 is 9.64 Å². The minimum atomic E-state index is -0.0828. The highest BCUT2D eigenvalue weighted by molar-refractivity contribution is 7.22. The van der Waals surface area contributed by atoms with Crippen molar-refractivity contribution in [2.45, 2.75) is 26.7 Å². The fourth-order valence-corrected chi connectivity index (χ4v) is 4.50. The SMILES string of the molecule is CCCCOc1cccc(C(=O)N(CCN(C)C)c2nc3c(C)cc(Cl)cc3s2)c1.Cl. The van der Waals surface area contributed by atoms with E-state index in [4.69, 9.17) is 21.3 Å². The summed E-state index contributed by atoms with van der Waals surface area (Å²) in [5.41, 5.74) is 2.49. The number of aryl methyl sites for hydroxylation is 1. The van der Waals surface area contributed by atoms with E-state index in [1.807, 2.05) is 57.4 Å². The van der Waals surface area contributed by atoms with Crippen molar-refractivity contribution in [3.8, 4) is 5.75 Å². The van der Waals surface area contributed by atoms with Crippen LogP contribution < -0.4 is 9.64 Å². The molecule has 1 aromatic heterocycles. The van der Waals surface area contributed by atoms with E-state index in [1.165, 1.54) is 11.3 Å². The van der Waals surface area contributed by atoms with Crippen LogP contribution in [0.1, 0.15) is 35.7 Å². The minimum Gasteiger partial charge on any atom is -0.494 e. The van der Waals surface area contributed by atoms with Gasteiger partial charge in [0.25, 0.3) is 5.91 Å². The van der Waals surface area contributed by atoms with Crippen molar-refractivity contribution in [3.63, 3.8) is 0 Å². The fraction of sp³-hybridized carbons (Fsp3) is 0.391. The summed E-state index contributed by atoms with van der Waals surface area (Å²) in [4.78, 5) is 22.0. The highest BCUT2D eigenvalue weighted by atomic mass is 35.5. The van der Waals surface area contributed by atoms with Crippen LogP contribution in [0.4, 0.5) is 5.13 Å². The summed E-state index contributed by atoms with van der Waals surface area (Å²) in [7, 11) is 3.99. The zero-order valence-electron chi connectivity index (χ0n) is 18.4. The van der Waals surface area contributed by atoms with Gasteiger partial charge in [0.05, 0.1) is 16.8 Å². The molecule has 0 atom stereocenters. The standard InChI is InChI=1S/C23H28ClN3O2S.ClH/c1-5-6-12-29-19-9-7-8-17(14-19)22(28)27(11-10-26(3)4)23-25-21-16(2)13-18(24)15-20(21)30-23;/h7-9,13-15H,5-6,10-12H2,1-4H3;1H. The number of anilines is 1. The lowest BCUT2D eigenvalue weighted by molar-refractivity contribution is 0.0984. The number of halogens is 2. The zero-order valence-corrected chi connectivity index (χ0v) is 20.7. The third kappa shape index (κ3) is 6.56. The number of unbranched alkanes of at least 4 members (excludes halogenated alkanes) is 1. The summed E-state index contributed by atoms with van der Waals surface area (Å²) in [5.74, 6) is 0.634. The van der Waals surface area contributed by atoms with E-state index in [-0.39, 0.29) is 18.3 Å². The third-order valence-corrected chi connectivity index (χ3v) is 5.98. The maximum atomic E-state index is 13.5. The fourth-order valence-electron chi connectivity index (χ4n) is 3.05. The minimum absolute atomic E-state index is 0. The van der Waals surface area contributed by atoms with E-state index < -0.39 is 0 Å². The first-order chi connectivity index (χ1) is 14.4. The number of thiazole rings is 1. The number of hydrogen-bond donors (Lipinski definition) is 0. The van der Waals surface area contributed by atoms with Gasteiger partial charge in [-0.25, -0.2) is 4.98 Å². The Morgan fingerprint density at radius 1 is 1.19 bits per heavy atom. The Hall–Kier alpha value is -1.86. The molecule has 1 amide bonds. The summed E-state index contributed by atoms with van der Waals surface area (Å²) >= 11 is 7.71. The topological polar surface area (TPSA) is 45.7 Å². The average molecular weight is 482 g/mol. The maximum Gasteiger partial charge on any atom is 0.260 e. The van der Waals surface area contributed by atoms with Crippen molar-refractivity contribution < 1.29 is 9.53 Å². The van der Waals surface area contributed by atoms with Crippen LogP contribution in [-0.2, 0) is 0 Å². The Morgan fingerprint density at radius 2 is 1.97 bits per heavy atom.